The van der Waals surface area contributed by atoms with E-state index < -0.39 is 0 Å². The standard InChI is InChI=1S/C28H32O2/c1-18(2)13-14-30-28-12-9-23(17-25(28)19(3)4)27-16-20(5)26(15-21(27)6)22-7-10-24(29)11-8-22/h7-13,15-17,19,29H,14H2,1-6H3. The number of benzene rings is 3. The Balaban J connectivity index is 1.98. The fourth-order valence-electron chi connectivity index (χ4n) is 3.68. The normalized spacial score (nSPS) is 10.9. The van der Waals surface area contributed by atoms with E-state index in [0.717, 1.165) is 11.3 Å². The van der Waals surface area contributed by atoms with E-state index in [9.17, 15) is 5.11 Å². The Bertz CT molecular complexity index is 1050. The summed E-state index contributed by atoms with van der Waals surface area (Å²) in [5, 5.41) is 9.58. The summed E-state index contributed by atoms with van der Waals surface area (Å²) in [6.45, 7) is 13.5. The molecule has 0 amide bonds. The average Bonchev–Trinajstić information content (AvgIpc) is 2.70. The van der Waals surface area contributed by atoms with Crippen molar-refractivity contribution >= 4 is 0 Å². The van der Waals surface area contributed by atoms with Gasteiger partial charge in [-0.25, -0.2) is 0 Å². The molecular weight excluding hydrogens is 368 g/mol. The van der Waals surface area contributed by atoms with E-state index >= 15 is 0 Å². The van der Waals surface area contributed by atoms with Gasteiger partial charge in [0.25, 0.3) is 0 Å². The molecule has 0 bridgehead atoms. The predicted octanol–water partition coefficient (Wildman–Crippen LogP) is 7.81. The Morgan fingerprint density at radius 2 is 1.43 bits per heavy atom. The lowest BCUT2D eigenvalue weighted by atomic mass is 9.90. The van der Waals surface area contributed by atoms with Gasteiger partial charge in [-0.05, 0) is 103 Å². The highest BCUT2D eigenvalue weighted by Crippen LogP contribution is 2.36. The van der Waals surface area contributed by atoms with Crippen LogP contribution in [0.4, 0.5) is 0 Å². The first-order valence-corrected chi connectivity index (χ1v) is 10.6. The molecule has 0 aromatic heterocycles. The first-order chi connectivity index (χ1) is 14.3. The third-order valence-electron chi connectivity index (χ3n) is 5.42. The highest BCUT2D eigenvalue weighted by molar-refractivity contribution is 5.77. The molecular formula is C28H32O2. The van der Waals surface area contributed by atoms with E-state index in [1.165, 1.54) is 39.0 Å². The minimum absolute atomic E-state index is 0.290. The monoisotopic (exact) mass is 400 g/mol. The zero-order valence-corrected chi connectivity index (χ0v) is 18.9. The second-order valence-electron chi connectivity index (χ2n) is 8.53. The van der Waals surface area contributed by atoms with Gasteiger partial charge < -0.3 is 9.84 Å². The predicted molar refractivity (Wildman–Crippen MR) is 127 cm³/mol. The summed E-state index contributed by atoms with van der Waals surface area (Å²) in [6.07, 6.45) is 2.10. The summed E-state index contributed by atoms with van der Waals surface area (Å²) in [7, 11) is 0. The largest absolute Gasteiger partial charge is 0.508 e. The van der Waals surface area contributed by atoms with Crippen molar-refractivity contribution in [3.05, 3.63) is 82.9 Å². The fourth-order valence-corrected chi connectivity index (χ4v) is 3.68. The van der Waals surface area contributed by atoms with Crippen molar-refractivity contribution in [3.8, 4) is 33.8 Å². The Morgan fingerprint density at radius 3 is 2.00 bits per heavy atom. The van der Waals surface area contributed by atoms with Crippen LogP contribution in [-0.2, 0) is 0 Å². The number of hydrogen-bond donors (Lipinski definition) is 1. The van der Waals surface area contributed by atoms with Gasteiger partial charge in [0.15, 0.2) is 0 Å². The number of aryl methyl sites for hydroxylation is 2. The van der Waals surface area contributed by atoms with Crippen LogP contribution in [0.5, 0.6) is 11.5 Å². The van der Waals surface area contributed by atoms with Gasteiger partial charge >= 0.3 is 0 Å². The zero-order chi connectivity index (χ0) is 21.8. The summed E-state index contributed by atoms with van der Waals surface area (Å²) in [5.41, 5.74) is 9.71. The summed E-state index contributed by atoms with van der Waals surface area (Å²) in [4.78, 5) is 0. The van der Waals surface area contributed by atoms with Crippen LogP contribution in [-0.4, -0.2) is 11.7 Å². The van der Waals surface area contributed by atoms with E-state index in [-0.39, 0.29) is 5.75 Å². The van der Waals surface area contributed by atoms with Crippen molar-refractivity contribution in [2.45, 2.75) is 47.5 Å². The highest BCUT2D eigenvalue weighted by atomic mass is 16.5. The molecule has 30 heavy (non-hydrogen) atoms. The number of phenols is 1. The van der Waals surface area contributed by atoms with E-state index in [1.807, 2.05) is 12.1 Å². The quantitative estimate of drug-likeness (QED) is 0.427. The number of aromatic hydroxyl groups is 1. The molecule has 0 radical (unpaired) electrons. The molecule has 0 fully saturated rings. The van der Waals surface area contributed by atoms with Crippen LogP contribution in [0.3, 0.4) is 0 Å². The maximum absolute atomic E-state index is 9.58. The topological polar surface area (TPSA) is 29.5 Å². The van der Waals surface area contributed by atoms with Gasteiger partial charge in [-0.3, -0.25) is 0 Å². The van der Waals surface area contributed by atoms with Gasteiger partial charge in [0, 0.05) is 0 Å². The molecule has 0 atom stereocenters. The Labute approximate surface area is 180 Å². The molecule has 0 saturated carbocycles. The van der Waals surface area contributed by atoms with Crippen LogP contribution >= 0.6 is 0 Å². The Kier molecular flexibility index (Phi) is 6.66. The van der Waals surface area contributed by atoms with Crippen molar-refractivity contribution in [1.82, 2.24) is 0 Å². The van der Waals surface area contributed by atoms with Crippen molar-refractivity contribution in [1.29, 1.82) is 0 Å². The summed E-state index contributed by atoms with van der Waals surface area (Å²) in [5.74, 6) is 1.63. The molecule has 0 saturated heterocycles. The summed E-state index contributed by atoms with van der Waals surface area (Å²) >= 11 is 0. The molecule has 2 nitrogen and oxygen atoms in total. The third kappa shape index (κ3) is 4.94. The van der Waals surface area contributed by atoms with Gasteiger partial charge in [0.2, 0.25) is 0 Å². The molecule has 0 aliphatic heterocycles. The van der Waals surface area contributed by atoms with Crippen molar-refractivity contribution in [2.24, 2.45) is 0 Å². The molecule has 0 spiro atoms. The second-order valence-corrected chi connectivity index (χ2v) is 8.53. The third-order valence-corrected chi connectivity index (χ3v) is 5.42. The summed E-state index contributed by atoms with van der Waals surface area (Å²) in [6, 6.07) is 18.4. The van der Waals surface area contributed by atoms with E-state index in [2.05, 4.69) is 78.0 Å². The highest BCUT2D eigenvalue weighted by Gasteiger charge is 2.13. The molecule has 0 unspecified atom stereocenters. The maximum atomic E-state index is 9.58. The summed E-state index contributed by atoms with van der Waals surface area (Å²) < 4.78 is 6.04. The Morgan fingerprint density at radius 1 is 0.867 bits per heavy atom. The van der Waals surface area contributed by atoms with Gasteiger partial charge in [0.1, 0.15) is 18.1 Å². The van der Waals surface area contributed by atoms with Crippen molar-refractivity contribution < 1.29 is 9.84 Å². The number of hydrogen-bond acceptors (Lipinski definition) is 2. The first-order valence-electron chi connectivity index (χ1n) is 10.6. The zero-order valence-electron chi connectivity index (χ0n) is 18.9. The van der Waals surface area contributed by atoms with E-state index in [0.29, 0.717) is 12.5 Å². The fraction of sp³-hybridized carbons (Fsp3) is 0.286. The second kappa shape index (κ2) is 9.21. The lowest BCUT2D eigenvalue weighted by Gasteiger charge is -2.17. The molecule has 0 aliphatic rings. The molecule has 1 N–H and O–H groups in total. The SMILES string of the molecule is CC(C)=CCOc1ccc(-c2cc(C)c(-c3ccc(O)cc3)cc2C)cc1C(C)C. The van der Waals surface area contributed by atoms with E-state index in [4.69, 9.17) is 4.74 Å². The lowest BCUT2D eigenvalue weighted by molar-refractivity contribution is 0.356. The molecule has 3 aromatic carbocycles. The number of ether oxygens (including phenoxy) is 1. The van der Waals surface area contributed by atoms with Crippen LogP contribution in [0.25, 0.3) is 22.3 Å². The van der Waals surface area contributed by atoms with Gasteiger partial charge in [-0.2, -0.15) is 0 Å². The molecule has 3 aromatic rings. The Hall–Kier alpha value is -3.00. The number of rotatable bonds is 6. The van der Waals surface area contributed by atoms with Crippen molar-refractivity contribution in [2.75, 3.05) is 6.61 Å². The number of allylic oxidation sites excluding steroid dienone is 1. The maximum Gasteiger partial charge on any atom is 0.123 e. The molecule has 2 heteroatoms. The lowest BCUT2D eigenvalue weighted by Crippen LogP contribution is -2.00. The average molecular weight is 401 g/mol. The molecule has 3 rings (SSSR count). The van der Waals surface area contributed by atoms with Crippen molar-refractivity contribution in [3.63, 3.8) is 0 Å². The number of phenolic OH excluding ortho intramolecular Hbond substituents is 1. The smallest absolute Gasteiger partial charge is 0.123 e. The van der Waals surface area contributed by atoms with Crippen LogP contribution in [0.1, 0.15) is 50.3 Å². The van der Waals surface area contributed by atoms with Crippen LogP contribution in [0.15, 0.2) is 66.2 Å². The van der Waals surface area contributed by atoms with Crippen LogP contribution < -0.4 is 4.74 Å². The molecule has 0 heterocycles. The van der Waals surface area contributed by atoms with Gasteiger partial charge in [-0.15, -0.1) is 0 Å². The van der Waals surface area contributed by atoms with Crippen LogP contribution in [0, 0.1) is 13.8 Å². The molecule has 0 aliphatic carbocycles. The first kappa shape index (κ1) is 21.7. The minimum Gasteiger partial charge on any atom is -0.508 e. The minimum atomic E-state index is 0.290. The van der Waals surface area contributed by atoms with Gasteiger partial charge in [0.05, 0.1) is 0 Å². The molecule has 156 valence electrons. The van der Waals surface area contributed by atoms with Crippen LogP contribution in [0.2, 0.25) is 0 Å². The van der Waals surface area contributed by atoms with E-state index in [1.54, 1.807) is 12.1 Å². The van der Waals surface area contributed by atoms with Gasteiger partial charge in [-0.1, -0.05) is 49.8 Å².